The van der Waals surface area contributed by atoms with Gasteiger partial charge in [0.2, 0.25) is 0 Å². The first kappa shape index (κ1) is 11.2. The van der Waals surface area contributed by atoms with Crippen molar-refractivity contribution < 1.29 is 0 Å². The molecule has 4 rings (SSSR count). The van der Waals surface area contributed by atoms with Gasteiger partial charge in [0.1, 0.15) is 0 Å². The third-order valence-electron chi connectivity index (χ3n) is 4.30. The van der Waals surface area contributed by atoms with Crippen LogP contribution in [0.3, 0.4) is 0 Å². The number of hydrogen-bond donors (Lipinski definition) is 0. The SMILES string of the molecule is Br[C@@H]1[C@H]2c3ccccc3[C@H]2c2ccccc2[C@H]1Br. The summed E-state index contributed by atoms with van der Waals surface area (Å²) in [6.07, 6.45) is 0. The zero-order valence-electron chi connectivity index (χ0n) is 9.68. The van der Waals surface area contributed by atoms with Crippen LogP contribution in [0.15, 0.2) is 48.5 Å². The average molecular weight is 364 g/mol. The molecule has 0 nitrogen and oxygen atoms in total. The van der Waals surface area contributed by atoms with Gasteiger partial charge in [-0.2, -0.15) is 0 Å². The van der Waals surface area contributed by atoms with E-state index in [1.165, 1.54) is 22.3 Å². The molecule has 4 atom stereocenters. The van der Waals surface area contributed by atoms with Gasteiger partial charge in [0.05, 0.1) is 4.83 Å². The molecule has 0 saturated carbocycles. The Hall–Kier alpha value is -0.600. The fourth-order valence-corrected chi connectivity index (χ4v) is 5.11. The van der Waals surface area contributed by atoms with E-state index in [1.807, 2.05) is 0 Å². The van der Waals surface area contributed by atoms with E-state index in [2.05, 4.69) is 80.4 Å². The van der Waals surface area contributed by atoms with Crippen LogP contribution < -0.4 is 0 Å². The second kappa shape index (κ2) is 3.94. The van der Waals surface area contributed by atoms with E-state index in [-0.39, 0.29) is 0 Å². The van der Waals surface area contributed by atoms with Crippen LogP contribution in [0, 0.1) is 0 Å². The van der Waals surface area contributed by atoms with Crippen molar-refractivity contribution in [1.82, 2.24) is 0 Å². The molecule has 0 radical (unpaired) electrons. The summed E-state index contributed by atoms with van der Waals surface area (Å²) in [5.41, 5.74) is 5.97. The zero-order chi connectivity index (χ0) is 12.3. The van der Waals surface area contributed by atoms with Crippen LogP contribution in [-0.4, -0.2) is 4.83 Å². The number of halogens is 2. The van der Waals surface area contributed by atoms with Crippen LogP contribution in [0.5, 0.6) is 0 Å². The monoisotopic (exact) mass is 362 g/mol. The largest absolute Gasteiger partial charge is 0.0868 e. The molecule has 90 valence electrons. The number of alkyl halides is 2. The average Bonchev–Trinajstić information content (AvgIpc) is 2.39. The Morgan fingerprint density at radius 1 is 0.667 bits per heavy atom. The first-order valence-corrected chi connectivity index (χ1v) is 8.08. The smallest absolute Gasteiger partial charge is 0.0529 e. The van der Waals surface area contributed by atoms with Crippen molar-refractivity contribution >= 4 is 31.9 Å². The molecule has 2 aliphatic carbocycles. The molecule has 18 heavy (non-hydrogen) atoms. The molecule has 0 saturated heterocycles. The Kier molecular flexibility index (Phi) is 2.46. The minimum atomic E-state index is 0.406. The molecule has 0 unspecified atom stereocenters. The maximum atomic E-state index is 3.90. The highest BCUT2D eigenvalue weighted by Gasteiger charge is 2.48. The van der Waals surface area contributed by atoms with Gasteiger partial charge in [-0.1, -0.05) is 80.4 Å². The van der Waals surface area contributed by atoms with Gasteiger partial charge in [0, 0.05) is 16.7 Å². The fraction of sp³-hybridized carbons (Fsp3) is 0.250. The van der Waals surface area contributed by atoms with Crippen molar-refractivity contribution in [2.24, 2.45) is 0 Å². The summed E-state index contributed by atoms with van der Waals surface area (Å²) in [6.45, 7) is 0. The minimum absolute atomic E-state index is 0.406. The second-order valence-corrected chi connectivity index (χ2v) is 7.15. The molecule has 0 aliphatic heterocycles. The molecule has 0 bridgehead atoms. The molecular formula is C16H12Br2. The minimum Gasteiger partial charge on any atom is -0.0868 e. The standard InChI is InChI=1S/C16H12Br2/c17-15-12-8-4-3-7-11(12)13-9-5-1-2-6-10(9)14(13)16(15)18/h1-8,13-16H/t13-,14-,15+,16+/m0/s1. The molecular weight excluding hydrogens is 352 g/mol. The quantitative estimate of drug-likeness (QED) is 0.569. The van der Waals surface area contributed by atoms with Gasteiger partial charge in [-0.25, -0.2) is 0 Å². The third-order valence-corrected chi connectivity index (χ3v) is 7.17. The van der Waals surface area contributed by atoms with E-state index in [9.17, 15) is 0 Å². The van der Waals surface area contributed by atoms with E-state index in [0.29, 0.717) is 21.5 Å². The molecule has 0 aromatic heterocycles. The molecule has 0 spiro atoms. The van der Waals surface area contributed by atoms with Crippen molar-refractivity contribution in [1.29, 1.82) is 0 Å². The van der Waals surface area contributed by atoms with Crippen molar-refractivity contribution in [2.45, 2.75) is 21.5 Å². The van der Waals surface area contributed by atoms with E-state index < -0.39 is 0 Å². The third kappa shape index (κ3) is 1.31. The summed E-state index contributed by atoms with van der Waals surface area (Å²) >= 11 is 7.76. The lowest BCUT2D eigenvalue weighted by atomic mass is 9.59. The highest BCUT2D eigenvalue weighted by molar-refractivity contribution is 9.12. The van der Waals surface area contributed by atoms with Crippen molar-refractivity contribution in [3.05, 3.63) is 70.8 Å². The van der Waals surface area contributed by atoms with Gasteiger partial charge in [0.25, 0.3) is 0 Å². The van der Waals surface area contributed by atoms with Crippen molar-refractivity contribution in [3.8, 4) is 0 Å². The fourth-order valence-electron chi connectivity index (χ4n) is 3.49. The lowest BCUT2D eigenvalue weighted by molar-refractivity contribution is 0.480. The predicted octanol–water partition coefficient (Wildman–Crippen LogP) is 5.13. The van der Waals surface area contributed by atoms with E-state index in [4.69, 9.17) is 0 Å². The normalized spacial score (nSPS) is 31.9. The lowest BCUT2D eigenvalue weighted by Crippen LogP contribution is -2.38. The highest BCUT2D eigenvalue weighted by atomic mass is 79.9. The predicted molar refractivity (Wildman–Crippen MR) is 81.9 cm³/mol. The molecule has 0 heterocycles. The van der Waals surface area contributed by atoms with E-state index >= 15 is 0 Å². The lowest BCUT2D eigenvalue weighted by Gasteiger charge is -2.48. The summed E-state index contributed by atoms with van der Waals surface area (Å²) < 4.78 is 0. The first-order valence-electron chi connectivity index (χ1n) is 6.25. The van der Waals surface area contributed by atoms with Crippen LogP contribution in [0.1, 0.15) is 38.9 Å². The molecule has 0 N–H and O–H groups in total. The van der Waals surface area contributed by atoms with Crippen LogP contribution >= 0.6 is 31.9 Å². The van der Waals surface area contributed by atoms with E-state index in [1.54, 1.807) is 0 Å². The molecule has 2 aromatic rings. The summed E-state index contributed by atoms with van der Waals surface area (Å²) in [6, 6.07) is 17.7. The number of hydrogen-bond acceptors (Lipinski definition) is 0. The van der Waals surface area contributed by atoms with Gasteiger partial charge in [-0.15, -0.1) is 0 Å². The van der Waals surface area contributed by atoms with Gasteiger partial charge in [-0.05, 0) is 22.3 Å². The van der Waals surface area contributed by atoms with Crippen molar-refractivity contribution in [3.63, 3.8) is 0 Å². The summed E-state index contributed by atoms with van der Waals surface area (Å²) in [5.74, 6) is 1.19. The Morgan fingerprint density at radius 3 is 1.83 bits per heavy atom. The second-order valence-electron chi connectivity index (χ2n) is 5.11. The van der Waals surface area contributed by atoms with Crippen LogP contribution in [0.2, 0.25) is 0 Å². The zero-order valence-corrected chi connectivity index (χ0v) is 12.9. The Morgan fingerprint density at radius 2 is 1.17 bits per heavy atom. The van der Waals surface area contributed by atoms with Crippen molar-refractivity contribution in [2.75, 3.05) is 0 Å². The van der Waals surface area contributed by atoms with Gasteiger partial charge in [0.15, 0.2) is 0 Å². The molecule has 2 aromatic carbocycles. The summed E-state index contributed by atoms with van der Waals surface area (Å²) in [4.78, 5) is 0.885. The van der Waals surface area contributed by atoms with Gasteiger partial charge in [-0.3, -0.25) is 0 Å². The number of rotatable bonds is 0. The van der Waals surface area contributed by atoms with Crippen LogP contribution in [-0.2, 0) is 0 Å². The number of fused-ring (bicyclic) bond motifs is 6. The molecule has 0 fully saturated rings. The highest BCUT2D eigenvalue weighted by Crippen LogP contribution is 2.61. The maximum Gasteiger partial charge on any atom is 0.0529 e. The molecule has 2 heteroatoms. The Labute approximate surface area is 124 Å². The first-order chi connectivity index (χ1) is 8.79. The van der Waals surface area contributed by atoms with E-state index in [0.717, 1.165) is 0 Å². The number of benzene rings is 2. The van der Waals surface area contributed by atoms with Gasteiger partial charge < -0.3 is 0 Å². The molecule has 0 amide bonds. The van der Waals surface area contributed by atoms with Crippen LogP contribution in [0.4, 0.5) is 0 Å². The Bertz CT molecular complexity index is 620. The molecule has 2 aliphatic rings. The van der Waals surface area contributed by atoms with Gasteiger partial charge >= 0.3 is 0 Å². The maximum absolute atomic E-state index is 3.90. The Balaban J connectivity index is 1.96. The summed E-state index contributed by atoms with van der Waals surface area (Å²) in [7, 11) is 0. The van der Waals surface area contributed by atoms with Crippen LogP contribution in [0.25, 0.3) is 0 Å². The topological polar surface area (TPSA) is 0 Å². The summed E-state index contributed by atoms with van der Waals surface area (Å²) in [5, 5.41) is 0.